The van der Waals surface area contributed by atoms with Crippen LogP contribution >= 0.6 is 0 Å². The van der Waals surface area contributed by atoms with Gasteiger partial charge >= 0.3 is 0 Å². The Morgan fingerprint density at radius 1 is 1.40 bits per heavy atom. The molecule has 2 saturated heterocycles. The number of methoxy groups -OCH3 is 1. The molecule has 6 nitrogen and oxygen atoms in total. The van der Waals surface area contributed by atoms with Crippen molar-refractivity contribution in [1.29, 1.82) is 0 Å². The molecule has 2 heterocycles. The molecule has 1 aromatic rings. The maximum Gasteiger partial charge on any atom is 0.227 e. The Labute approximate surface area is 149 Å². The normalized spacial score (nSPS) is 21.3. The zero-order valence-corrected chi connectivity index (χ0v) is 15.2. The first-order chi connectivity index (χ1) is 12.2. The number of carbonyl (C=O) groups excluding carboxylic acids is 1. The van der Waals surface area contributed by atoms with E-state index in [9.17, 15) is 4.79 Å². The molecule has 136 valence electrons. The number of anilines is 1. The van der Waals surface area contributed by atoms with Gasteiger partial charge in [0.15, 0.2) is 5.96 Å². The van der Waals surface area contributed by atoms with Gasteiger partial charge in [0.25, 0.3) is 0 Å². The smallest absolute Gasteiger partial charge is 0.227 e. The Kier molecular flexibility index (Phi) is 5.91. The molecule has 25 heavy (non-hydrogen) atoms. The van der Waals surface area contributed by atoms with Gasteiger partial charge in [0.1, 0.15) is 0 Å². The van der Waals surface area contributed by atoms with Gasteiger partial charge in [-0.3, -0.25) is 9.79 Å². The highest BCUT2D eigenvalue weighted by Gasteiger charge is 2.25. The Hall–Kier alpha value is -2.08. The van der Waals surface area contributed by atoms with Crippen LogP contribution in [-0.2, 0) is 16.1 Å². The predicted molar refractivity (Wildman–Crippen MR) is 99.8 cm³/mol. The van der Waals surface area contributed by atoms with Crippen LogP contribution in [0, 0.1) is 5.92 Å². The molecule has 2 aliphatic heterocycles. The van der Waals surface area contributed by atoms with Crippen molar-refractivity contribution in [3.63, 3.8) is 0 Å². The van der Waals surface area contributed by atoms with Gasteiger partial charge in [0.2, 0.25) is 5.91 Å². The van der Waals surface area contributed by atoms with E-state index in [-0.39, 0.29) is 5.91 Å². The number of nitrogens with zero attached hydrogens (tertiary/aromatic N) is 3. The molecule has 0 radical (unpaired) electrons. The van der Waals surface area contributed by atoms with Gasteiger partial charge < -0.3 is 19.9 Å². The van der Waals surface area contributed by atoms with E-state index in [0.717, 1.165) is 56.3 Å². The third kappa shape index (κ3) is 4.31. The van der Waals surface area contributed by atoms with Crippen molar-refractivity contribution in [2.45, 2.75) is 25.8 Å². The SMILES string of the molecule is CN=C(NCc1cccc(N2CCCC2=O)c1)N1CCC(COC)C1. The minimum absolute atomic E-state index is 0.224. The van der Waals surface area contributed by atoms with Crippen LogP contribution in [0.2, 0.25) is 0 Å². The molecule has 1 aromatic carbocycles. The van der Waals surface area contributed by atoms with E-state index in [4.69, 9.17) is 4.74 Å². The predicted octanol–water partition coefficient (Wildman–Crippen LogP) is 1.86. The maximum absolute atomic E-state index is 11.9. The quantitative estimate of drug-likeness (QED) is 0.654. The fraction of sp³-hybridized carbons (Fsp3) is 0.579. The minimum atomic E-state index is 0.224. The molecule has 0 spiro atoms. The van der Waals surface area contributed by atoms with Crippen LogP contribution < -0.4 is 10.2 Å². The lowest BCUT2D eigenvalue weighted by Gasteiger charge is -2.22. The van der Waals surface area contributed by atoms with Gasteiger partial charge in [-0.15, -0.1) is 0 Å². The highest BCUT2D eigenvalue weighted by molar-refractivity contribution is 5.95. The third-order valence-corrected chi connectivity index (χ3v) is 4.95. The maximum atomic E-state index is 11.9. The number of rotatable bonds is 5. The second kappa shape index (κ2) is 8.34. The summed E-state index contributed by atoms with van der Waals surface area (Å²) >= 11 is 0. The lowest BCUT2D eigenvalue weighted by atomic mass is 10.1. The number of carbonyl (C=O) groups is 1. The summed E-state index contributed by atoms with van der Waals surface area (Å²) in [6.45, 7) is 4.32. The van der Waals surface area contributed by atoms with Crippen LogP contribution in [-0.4, -0.2) is 57.2 Å². The van der Waals surface area contributed by atoms with Gasteiger partial charge in [-0.25, -0.2) is 0 Å². The Bertz CT molecular complexity index is 632. The van der Waals surface area contributed by atoms with Gasteiger partial charge in [-0.05, 0) is 30.5 Å². The summed E-state index contributed by atoms with van der Waals surface area (Å²) in [5.74, 6) is 1.73. The number of hydrogen-bond acceptors (Lipinski definition) is 3. The van der Waals surface area contributed by atoms with E-state index in [1.165, 1.54) is 0 Å². The van der Waals surface area contributed by atoms with Crippen molar-refractivity contribution in [2.75, 3.05) is 45.3 Å². The average Bonchev–Trinajstić information content (AvgIpc) is 3.25. The number of likely N-dealkylation sites (tertiary alicyclic amines) is 1. The summed E-state index contributed by atoms with van der Waals surface area (Å²) < 4.78 is 5.27. The van der Waals surface area contributed by atoms with E-state index in [0.29, 0.717) is 18.9 Å². The Balaban J connectivity index is 1.58. The number of amides is 1. The summed E-state index contributed by atoms with van der Waals surface area (Å²) in [6, 6.07) is 8.21. The monoisotopic (exact) mass is 344 g/mol. The molecule has 1 atom stereocenters. The number of guanidine groups is 1. The Morgan fingerprint density at radius 3 is 3.00 bits per heavy atom. The zero-order chi connectivity index (χ0) is 17.6. The van der Waals surface area contributed by atoms with Crippen molar-refractivity contribution in [1.82, 2.24) is 10.2 Å². The largest absolute Gasteiger partial charge is 0.384 e. The molecule has 0 saturated carbocycles. The molecular formula is C19H28N4O2. The van der Waals surface area contributed by atoms with Gasteiger partial charge in [0, 0.05) is 58.4 Å². The van der Waals surface area contributed by atoms with Crippen LogP contribution in [0.15, 0.2) is 29.3 Å². The fourth-order valence-electron chi connectivity index (χ4n) is 3.67. The number of nitrogens with one attached hydrogen (secondary N) is 1. The summed E-state index contributed by atoms with van der Waals surface area (Å²) in [6.07, 6.45) is 2.75. The first-order valence-corrected chi connectivity index (χ1v) is 9.05. The molecule has 0 aliphatic carbocycles. The van der Waals surface area contributed by atoms with E-state index >= 15 is 0 Å². The molecule has 6 heteroatoms. The third-order valence-electron chi connectivity index (χ3n) is 4.95. The summed E-state index contributed by atoms with van der Waals surface area (Å²) in [7, 11) is 3.58. The highest BCUT2D eigenvalue weighted by Crippen LogP contribution is 2.22. The minimum Gasteiger partial charge on any atom is -0.384 e. The summed E-state index contributed by atoms with van der Waals surface area (Å²) in [5.41, 5.74) is 2.16. The second-order valence-corrected chi connectivity index (χ2v) is 6.78. The van der Waals surface area contributed by atoms with Crippen LogP contribution in [0.1, 0.15) is 24.8 Å². The van der Waals surface area contributed by atoms with Gasteiger partial charge in [-0.1, -0.05) is 12.1 Å². The molecule has 0 aromatic heterocycles. The Morgan fingerprint density at radius 2 is 2.28 bits per heavy atom. The molecule has 3 rings (SSSR count). The van der Waals surface area contributed by atoms with Gasteiger partial charge in [-0.2, -0.15) is 0 Å². The number of aliphatic imine (C=N–C) groups is 1. The number of ether oxygens (including phenoxy) is 1. The average molecular weight is 344 g/mol. The second-order valence-electron chi connectivity index (χ2n) is 6.78. The topological polar surface area (TPSA) is 57.2 Å². The van der Waals surface area contributed by atoms with E-state index in [1.807, 2.05) is 24.1 Å². The van der Waals surface area contributed by atoms with Crippen molar-refractivity contribution < 1.29 is 9.53 Å². The lowest BCUT2D eigenvalue weighted by molar-refractivity contribution is -0.117. The molecule has 1 N–H and O–H groups in total. The molecule has 1 amide bonds. The summed E-state index contributed by atoms with van der Waals surface area (Å²) in [4.78, 5) is 20.5. The first-order valence-electron chi connectivity index (χ1n) is 9.05. The van der Waals surface area contributed by atoms with E-state index < -0.39 is 0 Å². The van der Waals surface area contributed by atoms with E-state index in [1.54, 1.807) is 7.11 Å². The standard InChI is InChI=1S/C19H28N4O2/c1-20-19(22-10-8-16(13-22)14-25-2)21-12-15-5-3-6-17(11-15)23-9-4-7-18(23)24/h3,5-6,11,16H,4,7-10,12-14H2,1-2H3,(H,20,21). The number of hydrogen-bond donors (Lipinski definition) is 1. The highest BCUT2D eigenvalue weighted by atomic mass is 16.5. The molecule has 0 bridgehead atoms. The summed E-state index contributed by atoms with van der Waals surface area (Å²) in [5, 5.41) is 3.45. The van der Waals surface area contributed by atoms with Crippen molar-refractivity contribution in [3.8, 4) is 0 Å². The van der Waals surface area contributed by atoms with Crippen LogP contribution in [0.4, 0.5) is 5.69 Å². The molecule has 2 fully saturated rings. The van der Waals surface area contributed by atoms with Crippen LogP contribution in [0.3, 0.4) is 0 Å². The van der Waals surface area contributed by atoms with Crippen LogP contribution in [0.5, 0.6) is 0 Å². The van der Waals surface area contributed by atoms with Gasteiger partial charge in [0.05, 0.1) is 6.61 Å². The number of benzene rings is 1. The molecule has 2 aliphatic rings. The van der Waals surface area contributed by atoms with E-state index in [2.05, 4.69) is 27.3 Å². The molecular weight excluding hydrogens is 316 g/mol. The molecule has 1 unspecified atom stereocenters. The van der Waals surface area contributed by atoms with Crippen molar-refractivity contribution in [2.24, 2.45) is 10.9 Å². The van der Waals surface area contributed by atoms with Crippen molar-refractivity contribution in [3.05, 3.63) is 29.8 Å². The van der Waals surface area contributed by atoms with Crippen molar-refractivity contribution >= 4 is 17.6 Å². The lowest BCUT2D eigenvalue weighted by Crippen LogP contribution is -2.39. The first kappa shape index (κ1) is 17.7. The fourth-order valence-corrected chi connectivity index (χ4v) is 3.67. The van der Waals surface area contributed by atoms with Crippen LogP contribution in [0.25, 0.3) is 0 Å². The zero-order valence-electron chi connectivity index (χ0n) is 15.2.